The van der Waals surface area contributed by atoms with E-state index in [-0.39, 0.29) is 11.2 Å². The first-order valence-electron chi connectivity index (χ1n) is 6.36. The molecule has 0 unspecified atom stereocenters. The van der Waals surface area contributed by atoms with Gasteiger partial charge in [-0.1, -0.05) is 0 Å². The van der Waals surface area contributed by atoms with Crippen molar-refractivity contribution in [1.29, 1.82) is 0 Å². The fourth-order valence-electron chi connectivity index (χ4n) is 2.27. The lowest BCUT2D eigenvalue weighted by Crippen LogP contribution is -2.33. The smallest absolute Gasteiger partial charge is 0.317 e. The number of H-pyrrole nitrogens is 1. The average molecular weight is 238 g/mol. The number of aromatic nitrogens is 3. The molecule has 1 fully saturated rings. The van der Waals surface area contributed by atoms with Crippen molar-refractivity contribution in [3.8, 4) is 0 Å². The van der Waals surface area contributed by atoms with E-state index in [2.05, 4.69) is 15.4 Å². The van der Waals surface area contributed by atoms with E-state index in [1.54, 1.807) is 4.68 Å². The number of nitrogens with zero attached hydrogens (tertiary/aromatic N) is 2. The van der Waals surface area contributed by atoms with Crippen LogP contribution in [0.4, 0.5) is 0 Å². The first-order valence-corrected chi connectivity index (χ1v) is 6.36. The lowest BCUT2D eigenvalue weighted by atomic mass is 9.94. The van der Waals surface area contributed by atoms with E-state index in [9.17, 15) is 4.79 Å². The maximum absolute atomic E-state index is 11.8. The summed E-state index contributed by atoms with van der Waals surface area (Å²) in [6.45, 7) is 8.13. The van der Waals surface area contributed by atoms with Gasteiger partial charge in [-0.2, -0.15) is 5.10 Å². The van der Waals surface area contributed by atoms with Crippen molar-refractivity contribution in [2.24, 2.45) is 5.92 Å². The molecule has 0 bridgehead atoms. The van der Waals surface area contributed by atoms with E-state index in [0.717, 1.165) is 25.3 Å². The van der Waals surface area contributed by atoms with E-state index in [0.29, 0.717) is 5.92 Å². The first-order chi connectivity index (χ1) is 7.97. The molecule has 1 saturated heterocycles. The number of hydrogen-bond acceptors (Lipinski definition) is 3. The molecule has 0 atom stereocenters. The predicted octanol–water partition coefficient (Wildman–Crippen LogP) is 0.868. The zero-order valence-corrected chi connectivity index (χ0v) is 10.9. The molecular formula is C12H22N4O. The van der Waals surface area contributed by atoms with Gasteiger partial charge in [-0.3, -0.25) is 4.98 Å². The summed E-state index contributed by atoms with van der Waals surface area (Å²) in [7, 11) is 0. The third-order valence-electron chi connectivity index (χ3n) is 3.24. The van der Waals surface area contributed by atoms with Crippen LogP contribution in [0.3, 0.4) is 0 Å². The zero-order valence-electron chi connectivity index (χ0n) is 10.9. The van der Waals surface area contributed by atoms with Crippen molar-refractivity contribution >= 4 is 0 Å². The van der Waals surface area contributed by atoms with Crippen molar-refractivity contribution in [3.05, 3.63) is 16.3 Å². The summed E-state index contributed by atoms with van der Waals surface area (Å²) < 4.78 is 1.55. The minimum atomic E-state index is -0.250. The predicted molar refractivity (Wildman–Crippen MR) is 67.1 cm³/mol. The second-order valence-corrected chi connectivity index (χ2v) is 5.86. The molecule has 0 radical (unpaired) electrons. The van der Waals surface area contributed by atoms with Gasteiger partial charge in [-0.05, 0) is 52.6 Å². The van der Waals surface area contributed by atoms with Crippen molar-refractivity contribution in [3.63, 3.8) is 0 Å². The molecule has 1 aliphatic rings. The molecule has 1 aromatic rings. The van der Waals surface area contributed by atoms with Crippen molar-refractivity contribution in [2.45, 2.75) is 45.6 Å². The Kier molecular flexibility index (Phi) is 3.38. The van der Waals surface area contributed by atoms with Crippen LogP contribution in [-0.2, 0) is 12.0 Å². The van der Waals surface area contributed by atoms with Crippen LogP contribution in [0.2, 0.25) is 0 Å². The van der Waals surface area contributed by atoms with Gasteiger partial charge in [0.05, 0.1) is 5.54 Å². The Balaban J connectivity index is 2.09. The monoisotopic (exact) mass is 238 g/mol. The molecule has 17 heavy (non-hydrogen) atoms. The van der Waals surface area contributed by atoms with E-state index in [1.165, 1.54) is 12.8 Å². The summed E-state index contributed by atoms with van der Waals surface area (Å²) in [6, 6.07) is 0. The molecule has 1 aromatic heterocycles. The third-order valence-corrected chi connectivity index (χ3v) is 3.24. The fourth-order valence-corrected chi connectivity index (χ4v) is 2.27. The second-order valence-electron chi connectivity index (χ2n) is 5.86. The minimum Gasteiger partial charge on any atom is -0.317 e. The summed E-state index contributed by atoms with van der Waals surface area (Å²) in [5.41, 5.74) is -0.346. The van der Waals surface area contributed by atoms with Crippen LogP contribution < -0.4 is 11.0 Å². The van der Waals surface area contributed by atoms with Gasteiger partial charge < -0.3 is 5.32 Å². The summed E-state index contributed by atoms with van der Waals surface area (Å²) in [5, 5.41) is 7.75. The van der Waals surface area contributed by atoms with Gasteiger partial charge in [0.1, 0.15) is 5.82 Å². The SMILES string of the molecule is CC(C)(C)n1nc(CC2CCNCC2)[nH]c1=O. The van der Waals surface area contributed by atoms with Gasteiger partial charge in [0, 0.05) is 6.42 Å². The van der Waals surface area contributed by atoms with Gasteiger partial charge >= 0.3 is 5.69 Å². The Morgan fingerprint density at radius 2 is 2.00 bits per heavy atom. The normalized spacial score (nSPS) is 18.5. The summed E-state index contributed by atoms with van der Waals surface area (Å²) >= 11 is 0. The van der Waals surface area contributed by atoms with E-state index in [4.69, 9.17) is 0 Å². The topological polar surface area (TPSA) is 62.7 Å². The lowest BCUT2D eigenvalue weighted by Gasteiger charge is -2.21. The molecule has 2 heterocycles. The Bertz CT molecular complexity index is 420. The molecule has 5 nitrogen and oxygen atoms in total. The third kappa shape index (κ3) is 2.97. The quantitative estimate of drug-likeness (QED) is 0.803. The molecule has 0 spiro atoms. The Labute approximate surface area is 102 Å². The standard InChI is InChI=1S/C12H22N4O/c1-12(2,3)16-11(17)14-10(15-16)8-9-4-6-13-7-5-9/h9,13H,4-8H2,1-3H3,(H,14,15,17). The number of piperidine rings is 1. The molecule has 1 aliphatic heterocycles. The Morgan fingerprint density at radius 1 is 1.35 bits per heavy atom. The molecule has 0 aliphatic carbocycles. The van der Waals surface area contributed by atoms with Crippen molar-refractivity contribution in [2.75, 3.05) is 13.1 Å². The van der Waals surface area contributed by atoms with Crippen LogP contribution in [0.25, 0.3) is 0 Å². The van der Waals surface area contributed by atoms with E-state index < -0.39 is 0 Å². The largest absolute Gasteiger partial charge is 0.343 e. The maximum atomic E-state index is 11.8. The molecule has 2 N–H and O–H groups in total. The van der Waals surface area contributed by atoms with Gasteiger partial charge in [0.25, 0.3) is 0 Å². The Morgan fingerprint density at radius 3 is 2.53 bits per heavy atom. The summed E-state index contributed by atoms with van der Waals surface area (Å²) in [5.74, 6) is 1.48. The first kappa shape index (κ1) is 12.4. The van der Waals surface area contributed by atoms with Crippen LogP contribution in [0.1, 0.15) is 39.4 Å². The number of aromatic amines is 1. The molecule has 0 aromatic carbocycles. The maximum Gasteiger partial charge on any atom is 0.343 e. The number of nitrogens with one attached hydrogen (secondary N) is 2. The van der Waals surface area contributed by atoms with E-state index >= 15 is 0 Å². The van der Waals surface area contributed by atoms with Crippen LogP contribution in [0, 0.1) is 5.92 Å². The average Bonchev–Trinajstić information content (AvgIpc) is 2.60. The Hall–Kier alpha value is -1.10. The highest BCUT2D eigenvalue weighted by Gasteiger charge is 2.20. The highest BCUT2D eigenvalue weighted by Crippen LogP contribution is 2.16. The van der Waals surface area contributed by atoms with Crippen molar-refractivity contribution in [1.82, 2.24) is 20.1 Å². The molecule has 0 amide bonds. The molecule has 96 valence electrons. The van der Waals surface area contributed by atoms with Gasteiger partial charge in [0.15, 0.2) is 0 Å². The fraction of sp³-hybridized carbons (Fsp3) is 0.833. The second kappa shape index (κ2) is 4.64. The van der Waals surface area contributed by atoms with Crippen LogP contribution in [0.15, 0.2) is 4.79 Å². The van der Waals surface area contributed by atoms with Crippen molar-refractivity contribution < 1.29 is 0 Å². The molecule has 2 rings (SSSR count). The zero-order chi connectivity index (χ0) is 12.5. The molecular weight excluding hydrogens is 216 g/mol. The van der Waals surface area contributed by atoms with Gasteiger partial charge in [-0.25, -0.2) is 9.48 Å². The number of rotatable bonds is 2. The van der Waals surface area contributed by atoms with Gasteiger partial charge in [-0.15, -0.1) is 0 Å². The van der Waals surface area contributed by atoms with Crippen LogP contribution in [-0.4, -0.2) is 27.9 Å². The van der Waals surface area contributed by atoms with E-state index in [1.807, 2.05) is 20.8 Å². The van der Waals surface area contributed by atoms with Crippen LogP contribution >= 0.6 is 0 Å². The highest BCUT2D eigenvalue weighted by molar-refractivity contribution is 4.89. The molecule has 5 heteroatoms. The van der Waals surface area contributed by atoms with Gasteiger partial charge in [0.2, 0.25) is 0 Å². The lowest BCUT2D eigenvalue weighted by molar-refractivity contribution is 0.335. The molecule has 0 saturated carbocycles. The summed E-state index contributed by atoms with van der Waals surface area (Å²) in [6.07, 6.45) is 3.23. The van der Waals surface area contributed by atoms with Crippen LogP contribution in [0.5, 0.6) is 0 Å². The minimum absolute atomic E-state index is 0.0959. The summed E-state index contributed by atoms with van der Waals surface area (Å²) in [4.78, 5) is 14.6. The highest BCUT2D eigenvalue weighted by atomic mass is 16.2. The number of hydrogen-bond donors (Lipinski definition) is 2.